The zero-order valence-electron chi connectivity index (χ0n) is 8.35. The summed E-state index contributed by atoms with van der Waals surface area (Å²) in [6.45, 7) is 0. The lowest BCUT2D eigenvalue weighted by atomic mass is 10.2. The molecular formula is C11H9N3OS. The van der Waals surface area contributed by atoms with Crippen LogP contribution in [0.1, 0.15) is 5.56 Å². The fraction of sp³-hybridized carbons (Fsp3) is 0.0909. The third-order valence-electron chi connectivity index (χ3n) is 2.51. The number of carbonyl (C=O) groups is 1. The maximum Gasteiger partial charge on any atom is 0.217 e. The summed E-state index contributed by atoms with van der Waals surface area (Å²) in [6.07, 6.45) is 2.35. The summed E-state index contributed by atoms with van der Waals surface area (Å²) in [5, 5.41) is 8.11. The van der Waals surface area contributed by atoms with Gasteiger partial charge in [0.25, 0.3) is 0 Å². The van der Waals surface area contributed by atoms with Crippen LogP contribution in [0, 0.1) is 0 Å². The Morgan fingerprint density at radius 1 is 1.31 bits per heavy atom. The quantitative estimate of drug-likeness (QED) is 0.727. The molecule has 80 valence electrons. The van der Waals surface area contributed by atoms with E-state index in [-0.39, 0.29) is 5.50 Å². The predicted molar refractivity (Wildman–Crippen MR) is 64.0 cm³/mol. The molecule has 5 heteroatoms. The van der Waals surface area contributed by atoms with Crippen molar-refractivity contribution in [2.24, 2.45) is 5.10 Å². The largest absolute Gasteiger partial charge is 0.278 e. The van der Waals surface area contributed by atoms with E-state index >= 15 is 0 Å². The van der Waals surface area contributed by atoms with E-state index in [4.69, 9.17) is 0 Å². The minimum atomic E-state index is -0.0484. The summed E-state index contributed by atoms with van der Waals surface area (Å²) in [4.78, 5) is 12.3. The number of hydrogen-bond donors (Lipinski definition) is 0. The second-order valence-electron chi connectivity index (χ2n) is 3.46. The van der Waals surface area contributed by atoms with Crippen LogP contribution in [-0.2, 0) is 4.79 Å². The van der Waals surface area contributed by atoms with Crippen molar-refractivity contribution >= 4 is 30.2 Å². The maximum absolute atomic E-state index is 10.8. The first kappa shape index (κ1) is 9.47. The van der Waals surface area contributed by atoms with Gasteiger partial charge in [0.1, 0.15) is 6.34 Å². The minimum absolute atomic E-state index is 0.0484. The van der Waals surface area contributed by atoms with Crippen LogP contribution in [0.2, 0.25) is 0 Å². The number of benzene rings is 1. The number of hydrazone groups is 1. The van der Waals surface area contributed by atoms with Gasteiger partial charge < -0.3 is 0 Å². The first-order chi connectivity index (χ1) is 7.90. The summed E-state index contributed by atoms with van der Waals surface area (Å²) in [7, 11) is 0. The molecule has 1 aromatic carbocycles. The summed E-state index contributed by atoms with van der Waals surface area (Å²) in [6, 6.07) is 10.0. The molecule has 0 fully saturated rings. The van der Waals surface area contributed by atoms with Crippen molar-refractivity contribution < 1.29 is 4.79 Å². The molecule has 0 bridgehead atoms. The molecule has 1 unspecified atom stereocenters. The highest BCUT2D eigenvalue weighted by Crippen LogP contribution is 2.39. The molecule has 0 saturated carbocycles. The number of fused-ring (bicyclic) bond motifs is 1. The molecule has 1 aromatic rings. The van der Waals surface area contributed by atoms with Gasteiger partial charge in [-0.05, 0) is 0 Å². The van der Waals surface area contributed by atoms with Gasteiger partial charge in [-0.15, -0.1) is 0 Å². The molecule has 1 amide bonds. The Morgan fingerprint density at radius 2 is 2.12 bits per heavy atom. The smallest absolute Gasteiger partial charge is 0.217 e. The van der Waals surface area contributed by atoms with E-state index in [2.05, 4.69) is 5.10 Å². The number of rotatable bonds is 2. The normalized spacial score (nSPS) is 22.2. The third-order valence-corrected chi connectivity index (χ3v) is 3.56. The average Bonchev–Trinajstić information content (AvgIpc) is 2.90. The van der Waals surface area contributed by atoms with E-state index < -0.39 is 0 Å². The van der Waals surface area contributed by atoms with Gasteiger partial charge in [0, 0.05) is 11.0 Å². The van der Waals surface area contributed by atoms with Crippen LogP contribution < -0.4 is 0 Å². The molecule has 16 heavy (non-hydrogen) atoms. The van der Waals surface area contributed by atoms with Crippen LogP contribution in [0.5, 0.6) is 0 Å². The van der Waals surface area contributed by atoms with Gasteiger partial charge in [-0.2, -0.15) is 5.10 Å². The average molecular weight is 231 g/mol. The highest BCUT2D eigenvalue weighted by atomic mass is 32.2. The number of amides is 1. The van der Waals surface area contributed by atoms with E-state index in [1.165, 1.54) is 0 Å². The van der Waals surface area contributed by atoms with Crippen LogP contribution in [0.15, 0.2) is 40.8 Å². The second-order valence-corrected chi connectivity index (χ2v) is 4.39. The van der Waals surface area contributed by atoms with Gasteiger partial charge in [0.05, 0.1) is 5.70 Å². The molecular weight excluding hydrogens is 222 g/mol. The van der Waals surface area contributed by atoms with Crippen molar-refractivity contribution in [3.8, 4) is 0 Å². The highest BCUT2D eigenvalue weighted by molar-refractivity contribution is 8.03. The van der Waals surface area contributed by atoms with Crippen LogP contribution >= 0.6 is 11.8 Å². The Morgan fingerprint density at radius 3 is 2.88 bits per heavy atom. The molecule has 0 aliphatic carbocycles. The summed E-state index contributed by atoms with van der Waals surface area (Å²) in [5.74, 6) is 0. The molecule has 2 aliphatic heterocycles. The van der Waals surface area contributed by atoms with Crippen molar-refractivity contribution in [2.75, 3.05) is 0 Å². The Balaban J connectivity index is 1.91. The number of hydrogen-bond acceptors (Lipinski definition) is 4. The van der Waals surface area contributed by atoms with Crippen LogP contribution in [0.4, 0.5) is 0 Å². The van der Waals surface area contributed by atoms with E-state index in [0.717, 1.165) is 17.7 Å². The monoisotopic (exact) mass is 231 g/mol. The van der Waals surface area contributed by atoms with Crippen LogP contribution in [0.3, 0.4) is 0 Å². The number of carbonyl (C=O) groups excluding carboxylic acids is 1. The zero-order valence-corrected chi connectivity index (χ0v) is 9.17. The zero-order chi connectivity index (χ0) is 11.0. The van der Waals surface area contributed by atoms with Gasteiger partial charge in [0.2, 0.25) is 6.41 Å². The molecule has 3 rings (SSSR count). The van der Waals surface area contributed by atoms with Crippen LogP contribution in [0.25, 0.3) is 5.70 Å². The Bertz CT molecular complexity index is 471. The Hall–Kier alpha value is -1.75. The molecule has 0 saturated heterocycles. The van der Waals surface area contributed by atoms with Crippen molar-refractivity contribution in [1.82, 2.24) is 9.91 Å². The van der Waals surface area contributed by atoms with E-state index in [9.17, 15) is 4.79 Å². The molecule has 2 aliphatic rings. The number of thioether (sulfide) groups is 1. The van der Waals surface area contributed by atoms with E-state index in [0.29, 0.717) is 0 Å². The lowest BCUT2D eigenvalue weighted by Crippen LogP contribution is -2.32. The van der Waals surface area contributed by atoms with Crippen LogP contribution in [-0.4, -0.2) is 28.2 Å². The van der Waals surface area contributed by atoms with Gasteiger partial charge >= 0.3 is 0 Å². The van der Waals surface area contributed by atoms with Crippen molar-refractivity contribution in [3.63, 3.8) is 0 Å². The SMILES string of the molecule is O=CN1C=NN2C(c3ccccc3)=CSC12. The topological polar surface area (TPSA) is 35.9 Å². The lowest BCUT2D eigenvalue weighted by molar-refractivity contribution is -0.115. The summed E-state index contributed by atoms with van der Waals surface area (Å²) >= 11 is 1.58. The molecule has 0 spiro atoms. The third kappa shape index (κ3) is 1.32. The molecule has 0 aromatic heterocycles. The highest BCUT2D eigenvalue weighted by Gasteiger charge is 2.35. The fourth-order valence-electron chi connectivity index (χ4n) is 1.73. The first-order valence-corrected chi connectivity index (χ1v) is 5.81. The molecule has 1 atom stereocenters. The molecule has 4 nitrogen and oxygen atoms in total. The minimum Gasteiger partial charge on any atom is -0.278 e. The van der Waals surface area contributed by atoms with Gasteiger partial charge in [0.15, 0.2) is 5.50 Å². The summed E-state index contributed by atoms with van der Waals surface area (Å²) in [5.41, 5.74) is 2.10. The van der Waals surface area contributed by atoms with E-state index in [1.54, 1.807) is 23.0 Å². The molecule has 0 N–H and O–H groups in total. The summed E-state index contributed by atoms with van der Waals surface area (Å²) < 4.78 is 0. The predicted octanol–water partition coefficient (Wildman–Crippen LogP) is 1.73. The maximum atomic E-state index is 10.8. The van der Waals surface area contributed by atoms with Crippen molar-refractivity contribution in [2.45, 2.75) is 5.50 Å². The first-order valence-electron chi connectivity index (χ1n) is 4.87. The number of nitrogens with zero attached hydrogens (tertiary/aromatic N) is 3. The lowest BCUT2D eigenvalue weighted by Gasteiger charge is -2.20. The molecule has 2 heterocycles. The fourth-order valence-corrected chi connectivity index (χ4v) is 2.76. The second kappa shape index (κ2) is 3.68. The van der Waals surface area contributed by atoms with Gasteiger partial charge in [-0.1, -0.05) is 42.1 Å². The van der Waals surface area contributed by atoms with Crippen molar-refractivity contribution in [3.05, 3.63) is 41.3 Å². The van der Waals surface area contributed by atoms with Crippen molar-refractivity contribution in [1.29, 1.82) is 0 Å². The molecule has 0 radical (unpaired) electrons. The Kier molecular flexibility index (Phi) is 2.18. The van der Waals surface area contributed by atoms with Gasteiger partial charge in [-0.25, -0.2) is 5.01 Å². The van der Waals surface area contributed by atoms with E-state index in [1.807, 2.05) is 40.7 Å². The Labute approximate surface area is 97.2 Å². The standard InChI is InChI=1S/C11H9N3OS/c15-8-13-7-12-14-10(6-16-11(13)14)9-4-2-1-3-5-9/h1-8,11H. The van der Waals surface area contributed by atoms with Gasteiger partial charge in [-0.3, -0.25) is 9.69 Å².